The van der Waals surface area contributed by atoms with Crippen molar-refractivity contribution in [2.75, 3.05) is 44.7 Å². The van der Waals surface area contributed by atoms with Crippen molar-refractivity contribution in [3.8, 4) is 11.8 Å². The molecule has 0 aliphatic carbocycles. The van der Waals surface area contributed by atoms with Crippen LogP contribution in [-0.2, 0) is 15.8 Å². The number of piperazine rings is 1. The van der Waals surface area contributed by atoms with E-state index in [1.807, 2.05) is 17.0 Å². The normalized spacial score (nSPS) is 16.1. The van der Waals surface area contributed by atoms with Crippen LogP contribution in [0, 0.1) is 11.3 Å². The van der Waals surface area contributed by atoms with Crippen molar-refractivity contribution in [3.63, 3.8) is 0 Å². The van der Waals surface area contributed by atoms with Crippen LogP contribution in [0.2, 0.25) is 0 Å². The third-order valence-corrected chi connectivity index (χ3v) is 8.27. The summed E-state index contributed by atoms with van der Waals surface area (Å²) in [6.45, 7) is 5.52. The van der Waals surface area contributed by atoms with Gasteiger partial charge in [-0.05, 0) is 63.1 Å². The molecular weight excluding hydrogens is 573 g/mol. The second-order valence-corrected chi connectivity index (χ2v) is 11.1. The fourth-order valence-corrected chi connectivity index (χ4v) is 5.73. The van der Waals surface area contributed by atoms with Gasteiger partial charge in [-0.1, -0.05) is 37.8 Å². The number of imide groups is 1. The Morgan fingerprint density at radius 1 is 0.932 bits per heavy atom. The lowest BCUT2D eigenvalue weighted by Crippen LogP contribution is -2.48. The largest absolute Gasteiger partial charge is 0.496 e. The molecule has 2 heterocycles. The molecule has 2 aliphatic rings. The average molecular weight is 611 g/mol. The Balaban J connectivity index is 1.14. The van der Waals surface area contributed by atoms with Gasteiger partial charge in [-0.2, -0.15) is 18.4 Å². The maximum absolute atomic E-state index is 13.4. The molecular formula is C33H37F3N4O4. The highest BCUT2D eigenvalue weighted by Gasteiger charge is 2.39. The van der Waals surface area contributed by atoms with Crippen LogP contribution in [0.15, 0.2) is 53.6 Å². The summed E-state index contributed by atoms with van der Waals surface area (Å²) in [5.41, 5.74) is -0.767. The van der Waals surface area contributed by atoms with E-state index < -0.39 is 29.1 Å². The summed E-state index contributed by atoms with van der Waals surface area (Å²) in [4.78, 5) is 43.7. The van der Waals surface area contributed by atoms with Crippen LogP contribution in [0.4, 0.5) is 18.9 Å². The van der Waals surface area contributed by atoms with Gasteiger partial charge in [0.2, 0.25) is 0 Å². The van der Waals surface area contributed by atoms with Crippen LogP contribution in [0.1, 0.15) is 73.4 Å². The second-order valence-electron chi connectivity index (χ2n) is 11.1. The van der Waals surface area contributed by atoms with E-state index in [0.717, 1.165) is 62.7 Å². The van der Waals surface area contributed by atoms with Crippen molar-refractivity contribution in [3.05, 3.63) is 70.3 Å². The minimum Gasteiger partial charge on any atom is -0.496 e. The molecule has 2 aliphatic heterocycles. The Labute approximate surface area is 255 Å². The van der Waals surface area contributed by atoms with E-state index in [1.54, 1.807) is 19.2 Å². The van der Waals surface area contributed by atoms with Crippen molar-refractivity contribution in [1.29, 1.82) is 5.26 Å². The van der Waals surface area contributed by atoms with Crippen molar-refractivity contribution in [1.82, 2.24) is 9.80 Å². The predicted octanol–water partition coefficient (Wildman–Crippen LogP) is 5.96. The number of para-hydroxylation sites is 1. The molecule has 44 heavy (non-hydrogen) atoms. The lowest BCUT2D eigenvalue weighted by molar-refractivity contribution is -0.138. The molecule has 8 nitrogen and oxygen atoms in total. The van der Waals surface area contributed by atoms with E-state index in [4.69, 9.17) is 10.00 Å². The summed E-state index contributed by atoms with van der Waals surface area (Å²) in [6, 6.07) is 11.6. The number of amides is 3. The second kappa shape index (κ2) is 14.5. The minimum absolute atomic E-state index is 0.00529. The first-order valence-electron chi connectivity index (χ1n) is 14.9. The number of ether oxygens (including phenoxy) is 1. The number of hydrogen-bond donors (Lipinski definition) is 0. The summed E-state index contributed by atoms with van der Waals surface area (Å²) in [7, 11) is 1.56. The van der Waals surface area contributed by atoms with Crippen molar-refractivity contribution in [2.45, 2.75) is 58.0 Å². The van der Waals surface area contributed by atoms with E-state index in [1.165, 1.54) is 19.1 Å². The highest BCUT2D eigenvalue weighted by atomic mass is 19.4. The summed E-state index contributed by atoms with van der Waals surface area (Å²) >= 11 is 0. The first kappa shape index (κ1) is 32.7. The number of hydrogen-bond acceptors (Lipinski definition) is 6. The molecule has 0 N–H and O–H groups in total. The average Bonchev–Trinajstić information content (AvgIpc) is 3.24. The Morgan fingerprint density at radius 2 is 1.59 bits per heavy atom. The van der Waals surface area contributed by atoms with E-state index in [2.05, 4.69) is 4.90 Å². The fourth-order valence-electron chi connectivity index (χ4n) is 5.73. The van der Waals surface area contributed by atoms with Gasteiger partial charge in [0.15, 0.2) is 0 Å². The highest BCUT2D eigenvalue weighted by Crippen LogP contribution is 2.37. The molecule has 0 atom stereocenters. The zero-order chi connectivity index (χ0) is 31.9. The van der Waals surface area contributed by atoms with E-state index in [0.29, 0.717) is 48.9 Å². The number of alkyl halides is 3. The molecule has 11 heteroatoms. The molecule has 2 aromatic rings. The third kappa shape index (κ3) is 7.48. The van der Waals surface area contributed by atoms with Crippen LogP contribution in [-0.4, -0.2) is 67.4 Å². The highest BCUT2D eigenvalue weighted by molar-refractivity contribution is 6.32. The zero-order valence-electron chi connectivity index (χ0n) is 25.1. The van der Waals surface area contributed by atoms with Crippen LogP contribution < -0.4 is 9.64 Å². The fraction of sp³-hybridized carbons (Fsp3) is 0.455. The molecule has 234 valence electrons. The molecule has 0 aromatic heterocycles. The minimum atomic E-state index is -4.79. The van der Waals surface area contributed by atoms with Gasteiger partial charge in [0.05, 0.1) is 35.6 Å². The summed E-state index contributed by atoms with van der Waals surface area (Å²) < 4.78 is 45.6. The number of nitrogens with zero attached hydrogens (tertiary/aromatic N) is 4. The number of carbonyl (C=O) groups is 3. The monoisotopic (exact) mass is 610 g/mol. The van der Waals surface area contributed by atoms with Crippen LogP contribution in [0.25, 0.3) is 0 Å². The maximum Gasteiger partial charge on any atom is 0.417 e. The molecule has 1 fully saturated rings. The number of nitriles is 1. The van der Waals surface area contributed by atoms with Gasteiger partial charge < -0.3 is 9.64 Å². The van der Waals surface area contributed by atoms with E-state index >= 15 is 0 Å². The molecule has 2 aromatic carbocycles. The van der Waals surface area contributed by atoms with Crippen molar-refractivity contribution in [2.24, 2.45) is 0 Å². The summed E-state index contributed by atoms with van der Waals surface area (Å²) in [5, 5.41) is 9.02. The number of benzene rings is 2. The molecule has 0 saturated carbocycles. The van der Waals surface area contributed by atoms with Gasteiger partial charge in [0.25, 0.3) is 17.7 Å². The summed E-state index contributed by atoms with van der Waals surface area (Å²) in [6.07, 6.45) is 1.29. The number of unbranched alkanes of at least 4 members (excludes halogenated alkanes) is 5. The molecule has 3 amide bonds. The Morgan fingerprint density at radius 3 is 2.25 bits per heavy atom. The third-order valence-electron chi connectivity index (χ3n) is 8.27. The molecule has 1 saturated heterocycles. The van der Waals surface area contributed by atoms with Crippen molar-refractivity contribution < 1.29 is 32.3 Å². The lowest BCUT2D eigenvalue weighted by atomic mass is 10.0. The standard InChI is InChI=1S/C33H37F3N4O4/c1-23-26(32(43)40(30(23)41)25-15-14-24(22-37)28(21-25)33(34,35)36)11-7-5-3-4-6-10-16-38-17-19-39(20-18-38)31(42)27-12-8-9-13-29(27)44-2/h8-9,12-15,21H,3-7,10-11,16-20H2,1-2H3. The SMILES string of the molecule is COc1ccccc1C(=O)N1CCN(CCCCCCCCC2=C(C)C(=O)N(c3ccc(C#N)c(C(F)(F)F)c3)C2=O)CC1. The Bertz CT molecular complexity index is 1460. The lowest BCUT2D eigenvalue weighted by Gasteiger charge is -2.35. The Kier molecular flexibility index (Phi) is 10.8. The van der Waals surface area contributed by atoms with Gasteiger partial charge in [-0.3, -0.25) is 19.3 Å². The molecule has 0 bridgehead atoms. The topological polar surface area (TPSA) is 93.9 Å². The predicted molar refractivity (Wildman–Crippen MR) is 159 cm³/mol. The number of halogens is 3. The molecule has 0 unspecified atom stereocenters. The number of carbonyl (C=O) groups excluding carboxylic acids is 3. The first-order valence-corrected chi connectivity index (χ1v) is 14.9. The van der Waals surface area contributed by atoms with Gasteiger partial charge in [-0.25, -0.2) is 4.90 Å². The summed E-state index contributed by atoms with van der Waals surface area (Å²) in [5.74, 6) is -0.653. The van der Waals surface area contributed by atoms with E-state index in [9.17, 15) is 27.6 Å². The van der Waals surface area contributed by atoms with Gasteiger partial charge in [0, 0.05) is 37.3 Å². The number of methoxy groups -OCH3 is 1. The zero-order valence-corrected chi connectivity index (χ0v) is 25.1. The van der Waals surface area contributed by atoms with Crippen molar-refractivity contribution >= 4 is 23.4 Å². The van der Waals surface area contributed by atoms with Crippen LogP contribution >= 0.6 is 0 Å². The smallest absolute Gasteiger partial charge is 0.417 e. The van der Waals surface area contributed by atoms with Crippen LogP contribution in [0.3, 0.4) is 0 Å². The maximum atomic E-state index is 13.4. The number of rotatable bonds is 12. The van der Waals surface area contributed by atoms with E-state index in [-0.39, 0.29) is 17.2 Å². The van der Waals surface area contributed by atoms with Gasteiger partial charge in [-0.15, -0.1) is 0 Å². The molecule has 0 spiro atoms. The van der Waals surface area contributed by atoms with Crippen LogP contribution in [0.5, 0.6) is 5.75 Å². The van der Waals surface area contributed by atoms with Gasteiger partial charge >= 0.3 is 6.18 Å². The molecule has 0 radical (unpaired) electrons. The first-order chi connectivity index (χ1) is 21.1. The number of anilines is 1. The molecule has 4 rings (SSSR count). The van der Waals surface area contributed by atoms with Gasteiger partial charge in [0.1, 0.15) is 5.75 Å². The quantitative estimate of drug-likeness (QED) is 0.217. The Hall–Kier alpha value is -4.17.